The Morgan fingerprint density at radius 2 is 2.11 bits per heavy atom. The van der Waals surface area contributed by atoms with Crippen molar-refractivity contribution >= 4 is 17.2 Å². The maximum absolute atomic E-state index is 11.7. The van der Waals surface area contributed by atoms with Crippen molar-refractivity contribution in [2.24, 2.45) is 0 Å². The van der Waals surface area contributed by atoms with Gasteiger partial charge in [-0.05, 0) is 45.0 Å². The lowest BCUT2D eigenvalue weighted by atomic mass is 10.2. The van der Waals surface area contributed by atoms with Crippen LogP contribution in [0.25, 0.3) is 22.8 Å². The van der Waals surface area contributed by atoms with Gasteiger partial charge in [0.2, 0.25) is 5.76 Å². The number of phenols is 1. The van der Waals surface area contributed by atoms with Crippen LogP contribution in [0.2, 0.25) is 0 Å². The number of rotatable bonds is 5. The zero-order valence-corrected chi connectivity index (χ0v) is 15.5. The predicted octanol–water partition coefficient (Wildman–Crippen LogP) is 3.48. The van der Waals surface area contributed by atoms with Gasteiger partial charge in [0, 0.05) is 6.07 Å². The smallest absolute Gasteiger partial charge is 0.407 e. The summed E-state index contributed by atoms with van der Waals surface area (Å²) in [6.07, 6.45) is -0.519. The lowest BCUT2D eigenvalue weighted by Crippen LogP contribution is -2.40. The maximum Gasteiger partial charge on any atom is 0.407 e. The molecular weight excluding hydrogens is 354 g/mol. The number of ether oxygens (including phenoxy) is 2. The molecule has 0 saturated heterocycles. The van der Waals surface area contributed by atoms with Gasteiger partial charge in [0.1, 0.15) is 23.5 Å². The standard InChI is InChI=1S/C18H21N3O6/c1-10(19-17(23)26-18(2,3)4)9-24-15-8-14(27-21-15)16-20-12-7-11(22)5-6-13(12)25-16/h5-8,10,22H,9H2,1-4H3,(H,19,23)/t10-/m0/s1. The zero-order chi connectivity index (χ0) is 19.6. The van der Waals surface area contributed by atoms with Gasteiger partial charge in [0.05, 0.1) is 12.1 Å². The Morgan fingerprint density at radius 1 is 1.33 bits per heavy atom. The van der Waals surface area contributed by atoms with E-state index in [0.717, 1.165) is 0 Å². The van der Waals surface area contributed by atoms with Crippen molar-refractivity contribution in [1.82, 2.24) is 15.5 Å². The average molecular weight is 375 g/mol. The number of benzene rings is 1. The number of amides is 1. The van der Waals surface area contributed by atoms with E-state index in [9.17, 15) is 9.90 Å². The highest BCUT2D eigenvalue weighted by molar-refractivity contribution is 5.76. The van der Waals surface area contributed by atoms with Gasteiger partial charge in [0.15, 0.2) is 5.58 Å². The van der Waals surface area contributed by atoms with Gasteiger partial charge >= 0.3 is 6.09 Å². The second-order valence-corrected chi connectivity index (χ2v) is 7.06. The third-order valence-electron chi connectivity index (χ3n) is 3.31. The Kier molecular flexibility index (Phi) is 4.93. The molecule has 0 saturated carbocycles. The van der Waals surface area contributed by atoms with Crippen molar-refractivity contribution in [3.05, 3.63) is 24.3 Å². The third kappa shape index (κ3) is 4.90. The maximum atomic E-state index is 11.7. The summed E-state index contributed by atoms with van der Waals surface area (Å²) in [5.74, 6) is 0.828. The number of carbonyl (C=O) groups is 1. The molecule has 1 aromatic carbocycles. The molecule has 9 heteroatoms. The Morgan fingerprint density at radius 3 is 2.85 bits per heavy atom. The van der Waals surface area contributed by atoms with Crippen LogP contribution in [0.3, 0.4) is 0 Å². The van der Waals surface area contributed by atoms with Gasteiger partial charge in [-0.3, -0.25) is 0 Å². The van der Waals surface area contributed by atoms with Gasteiger partial charge in [-0.2, -0.15) is 0 Å². The first-order chi connectivity index (χ1) is 12.7. The van der Waals surface area contributed by atoms with Crippen LogP contribution in [-0.4, -0.2) is 39.6 Å². The molecule has 1 atom stereocenters. The van der Waals surface area contributed by atoms with Crippen molar-refractivity contribution in [2.75, 3.05) is 6.61 Å². The van der Waals surface area contributed by atoms with Crippen LogP contribution in [0.5, 0.6) is 11.6 Å². The first kappa shape index (κ1) is 18.6. The van der Waals surface area contributed by atoms with Gasteiger partial charge < -0.3 is 28.8 Å². The molecule has 9 nitrogen and oxygen atoms in total. The fourth-order valence-electron chi connectivity index (χ4n) is 2.21. The van der Waals surface area contributed by atoms with E-state index in [1.54, 1.807) is 33.8 Å². The number of hydrogen-bond donors (Lipinski definition) is 2. The van der Waals surface area contributed by atoms with Crippen LogP contribution >= 0.6 is 0 Å². The molecule has 0 fully saturated rings. The number of hydrogen-bond acceptors (Lipinski definition) is 8. The molecule has 0 radical (unpaired) electrons. The topological polar surface area (TPSA) is 120 Å². The Bertz CT molecular complexity index is 940. The van der Waals surface area contributed by atoms with Crippen LogP contribution < -0.4 is 10.1 Å². The molecule has 3 rings (SSSR count). The molecule has 0 spiro atoms. The minimum Gasteiger partial charge on any atom is -0.508 e. The fraction of sp³-hybridized carbons (Fsp3) is 0.389. The van der Waals surface area contributed by atoms with E-state index in [0.29, 0.717) is 11.1 Å². The zero-order valence-electron chi connectivity index (χ0n) is 15.5. The number of carbonyl (C=O) groups excluding carboxylic acids is 1. The van der Waals surface area contributed by atoms with E-state index in [1.807, 2.05) is 0 Å². The summed E-state index contributed by atoms with van der Waals surface area (Å²) in [5.41, 5.74) is 0.443. The summed E-state index contributed by atoms with van der Waals surface area (Å²) in [6, 6.07) is 5.84. The highest BCUT2D eigenvalue weighted by atomic mass is 16.6. The minimum absolute atomic E-state index is 0.0930. The molecular formula is C18H21N3O6. The molecule has 2 aromatic heterocycles. The van der Waals surface area contributed by atoms with E-state index in [2.05, 4.69) is 15.5 Å². The molecule has 0 aliphatic rings. The first-order valence-corrected chi connectivity index (χ1v) is 8.38. The molecule has 0 aliphatic carbocycles. The number of nitrogens with zero attached hydrogens (tertiary/aromatic N) is 2. The van der Waals surface area contributed by atoms with E-state index < -0.39 is 11.7 Å². The minimum atomic E-state index is -0.567. The number of phenolic OH excluding ortho intramolecular Hbond substituents is 1. The third-order valence-corrected chi connectivity index (χ3v) is 3.31. The molecule has 0 bridgehead atoms. The summed E-state index contributed by atoms with van der Waals surface area (Å²) in [7, 11) is 0. The lowest BCUT2D eigenvalue weighted by molar-refractivity contribution is 0.0492. The monoisotopic (exact) mass is 375 g/mol. The molecule has 144 valence electrons. The van der Waals surface area contributed by atoms with E-state index >= 15 is 0 Å². The normalized spacial score (nSPS) is 12.7. The number of aromatic nitrogens is 2. The number of aromatic hydroxyl groups is 1. The molecule has 3 aromatic rings. The summed E-state index contributed by atoms with van der Waals surface area (Å²) in [6.45, 7) is 7.32. The van der Waals surface area contributed by atoms with Gasteiger partial charge in [-0.15, -0.1) is 0 Å². The Balaban J connectivity index is 1.58. The van der Waals surface area contributed by atoms with Crippen LogP contribution in [0, 0.1) is 0 Å². The lowest BCUT2D eigenvalue weighted by Gasteiger charge is -2.21. The quantitative estimate of drug-likeness (QED) is 0.695. The molecule has 0 aliphatic heterocycles. The van der Waals surface area contributed by atoms with Crippen molar-refractivity contribution in [3.8, 4) is 23.3 Å². The average Bonchev–Trinajstić information content (AvgIpc) is 3.16. The SMILES string of the molecule is C[C@@H](COc1cc(-c2nc3cc(O)ccc3o2)on1)NC(=O)OC(C)(C)C. The fourth-order valence-corrected chi connectivity index (χ4v) is 2.21. The van der Waals surface area contributed by atoms with Gasteiger partial charge in [0.25, 0.3) is 11.8 Å². The largest absolute Gasteiger partial charge is 0.508 e. The van der Waals surface area contributed by atoms with Crippen molar-refractivity contribution in [3.63, 3.8) is 0 Å². The number of nitrogens with one attached hydrogen (secondary N) is 1. The van der Waals surface area contributed by atoms with E-state index in [1.165, 1.54) is 18.2 Å². The predicted molar refractivity (Wildman–Crippen MR) is 95.5 cm³/mol. The van der Waals surface area contributed by atoms with E-state index in [-0.39, 0.29) is 35.9 Å². The number of oxazole rings is 1. The van der Waals surface area contributed by atoms with Crippen molar-refractivity contribution < 1.29 is 28.3 Å². The van der Waals surface area contributed by atoms with E-state index in [4.69, 9.17) is 18.4 Å². The Labute approximate surface area is 155 Å². The van der Waals surface area contributed by atoms with Crippen molar-refractivity contribution in [2.45, 2.75) is 39.3 Å². The highest BCUT2D eigenvalue weighted by Gasteiger charge is 2.19. The summed E-state index contributed by atoms with van der Waals surface area (Å²) in [5, 5.41) is 16.0. The van der Waals surface area contributed by atoms with Crippen molar-refractivity contribution in [1.29, 1.82) is 0 Å². The van der Waals surface area contributed by atoms with Gasteiger partial charge in [-0.1, -0.05) is 0 Å². The van der Waals surface area contributed by atoms with Crippen LogP contribution in [-0.2, 0) is 4.74 Å². The van der Waals surface area contributed by atoms with Crippen LogP contribution in [0.1, 0.15) is 27.7 Å². The summed E-state index contributed by atoms with van der Waals surface area (Å²) in [4.78, 5) is 16.0. The molecule has 2 heterocycles. The number of alkyl carbamates (subject to hydrolysis) is 1. The Hall–Kier alpha value is -3.23. The molecule has 2 N–H and O–H groups in total. The van der Waals surface area contributed by atoms with Crippen LogP contribution in [0.15, 0.2) is 33.2 Å². The summed E-state index contributed by atoms with van der Waals surface area (Å²) < 4.78 is 21.4. The molecule has 1 amide bonds. The summed E-state index contributed by atoms with van der Waals surface area (Å²) >= 11 is 0. The van der Waals surface area contributed by atoms with Gasteiger partial charge in [-0.25, -0.2) is 9.78 Å². The molecule has 0 unspecified atom stereocenters. The highest BCUT2D eigenvalue weighted by Crippen LogP contribution is 2.28. The second-order valence-electron chi connectivity index (χ2n) is 7.06. The van der Waals surface area contributed by atoms with Crippen LogP contribution in [0.4, 0.5) is 4.79 Å². The first-order valence-electron chi connectivity index (χ1n) is 8.38. The molecule has 27 heavy (non-hydrogen) atoms. The second kappa shape index (κ2) is 7.18. The number of fused-ring (bicyclic) bond motifs is 1.